The lowest BCUT2D eigenvalue weighted by molar-refractivity contribution is 0.690. The molecule has 1 aliphatic rings. The zero-order chi connectivity index (χ0) is 13.9. The van der Waals surface area contributed by atoms with Crippen LogP contribution >= 0.6 is 0 Å². The van der Waals surface area contributed by atoms with Crippen molar-refractivity contribution in [3.8, 4) is 5.95 Å². The van der Waals surface area contributed by atoms with Crippen molar-refractivity contribution in [3.63, 3.8) is 0 Å². The molecule has 0 bridgehead atoms. The third-order valence-corrected chi connectivity index (χ3v) is 3.37. The molecule has 2 atom stereocenters. The van der Waals surface area contributed by atoms with Crippen LogP contribution in [-0.2, 0) is 0 Å². The zero-order valence-corrected chi connectivity index (χ0v) is 11.6. The third-order valence-electron chi connectivity index (χ3n) is 3.37. The van der Waals surface area contributed by atoms with Crippen molar-refractivity contribution in [2.75, 3.05) is 17.7 Å². The van der Waals surface area contributed by atoms with Crippen LogP contribution in [0.4, 0.5) is 11.9 Å². The second-order valence-electron chi connectivity index (χ2n) is 4.91. The van der Waals surface area contributed by atoms with Crippen LogP contribution in [0.2, 0.25) is 0 Å². The summed E-state index contributed by atoms with van der Waals surface area (Å²) in [4.78, 5) is 16.9. The van der Waals surface area contributed by atoms with E-state index in [-0.39, 0.29) is 0 Å². The highest BCUT2D eigenvalue weighted by atomic mass is 15.4. The molecule has 20 heavy (non-hydrogen) atoms. The fourth-order valence-corrected chi connectivity index (χ4v) is 2.24. The van der Waals surface area contributed by atoms with E-state index in [0.717, 1.165) is 5.92 Å². The summed E-state index contributed by atoms with van der Waals surface area (Å²) < 4.78 is 1.52. The van der Waals surface area contributed by atoms with Gasteiger partial charge in [-0.25, -0.2) is 4.98 Å². The predicted molar refractivity (Wildman–Crippen MR) is 74.7 cm³/mol. The Morgan fingerprint density at radius 1 is 1.30 bits per heavy atom. The highest BCUT2D eigenvalue weighted by Gasteiger charge is 2.36. The van der Waals surface area contributed by atoms with E-state index in [9.17, 15) is 0 Å². The van der Waals surface area contributed by atoms with E-state index in [4.69, 9.17) is 0 Å². The van der Waals surface area contributed by atoms with Gasteiger partial charge in [0.1, 0.15) is 12.7 Å². The summed E-state index contributed by atoms with van der Waals surface area (Å²) in [5.41, 5.74) is 0. The van der Waals surface area contributed by atoms with Gasteiger partial charge in [0, 0.05) is 13.1 Å². The Morgan fingerprint density at radius 2 is 2.15 bits per heavy atom. The largest absolute Gasteiger partial charge is 0.357 e. The molecule has 8 heteroatoms. The highest BCUT2D eigenvalue weighted by Crippen LogP contribution is 2.36. The van der Waals surface area contributed by atoms with E-state index >= 15 is 0 Å². The van der Waals surface area contributed by atoms with Gasteiger partial charge in [0.15, 0.2) is 0 Å². The van der Waals surface area contributed by atoms with Gasteiger partial charge in [-0.15, -0.1) is 0 Å². The van der Waals surface area contributed by atoms with Gasteiger partial charge >= 0.3 is 0 Å². The Bertz CT molecular complexity index is 567. The summed E-state index contributed by atoms with van der Waals surface area (Å²) >= 11 is 0. The smallest absolute Gasteiger partial charge is 0.258 e. The number of hydrogen-bond donors (Lipinski definition) is 2. The maximum Gasteiger partial charge on any atom is 0.258 e. The lowest BCUT2D eigenvalue weighted by Gasteiger charge is -2.08. The van der Waals surface area contributed by atoms with Gasteiger partial charge in [0.05, 0.1) is 0 Å². The first-order valence-corrected chi connectivity index (χ1v) is 6.85. The minimum absolute atomic E-state index is 0.456. The van der Waals surface area contributed by atoms with E-state index in [1.165, 1.54) is 30.3 Å². The monoisotopic (exact) mass is 274 g/mol. The molecule has 2 unspecified atom stereocenters. The summed E-state index contributed by atoms with van der Waals surface area (Å²) in [6, 6.07) is 0.477. The van der Waals surface area contributed by atoms with Crippen LogP contribution < -0.4 is 10.6 Å². The molecule has 3 rings (SSSR count). The molecule has 106 valence electrons. The molecular formula is C12H18N8. The first-order valence-electron chi connectivity index (χ1n) is 6.85. The maximum atomic E-state index is 4.39. The van der Waals surface area contributed by atoms with Crippen molar-refractivity contribution in [1.29, 1.82) is 0 Å². The molecule has 1 saturated carbocycles. The molecule has 0 aromatic carbocycles. The van der Waals surface area contributed by atoms with Crippen molar-refractivity contribution in [3.05, 3.63) is 12.7 Å². The second kappa shape index (κ2) is 5.40. The Labute approximate surface area is 117 Å². The van der Waals surface area contributed by atoms with Gasteiger partial charge < -0.3 is 10.6 Å². The number of nitrogens with one attached hydrogen (secondary N) is 2. The average Bonchev–Trinajstić information content (AvgIpc) is 2.97. The van der Waals surface area contributed by atoms with Crippen molar-refractivity contribution in [2.45, 2.75) is 32.2 Å². The minimum Gasteiger partial charge on any atom is -0.357 e. The molecule has 0 amide bonds. The topological polar surface area (TPSA) is 93.4 Å². The normalized spacial score (nSPS) is 20.7. The van der Waals surface area contributed by atoms with Gasteiger partial charge in [-0.2, -0.15) is 24.7 Å². The van der Waals surface area contributed by atoms with Crippen molar-refractivity contribution in [1.82, 2.24) is 29.7 Å². The lowest BCUT2D eigenvalue weighted by atomic mass is 10.2. The van der Waals surface area contributed by atoms with Crippen LogP contribution in [0.5, 0.6) is 0 Å². The minimum atomic E-state index is 0.456. The summed E-state index contributed by atoms with van der Waals surface area (Å²) in [6.07, 6.45) is 6.67. The van der Waals surface area contributed by atoms with Gasteiger partial charge in [-0.3, -0.25) is 0 Å². The molecule has 2 aromatic heterocycles. The SMILES string of the molecule is CCCC1CC1Nc1nc(NC)nc(-n2cncn2)n1. The molecule has 1 fully saturated rings. The molecular weight excluding hydrogens is 256 g/mol. The van der Waals surface area contributed by atoms with E-state index in [1.807, 2.05) is 0 Å². The zero-order valence-electron chi connectivity index (χ0n) is 11.6. The molecule has 2 heterocycles. The summed E-state index contributed by atoms with van der Waals surface area (Å²) in [7, 11) is 1.78. The molecule has 0 spiro atoms. The van der Waals surface area contributed by atoms with Crippen molar-refractivity contribution >= 4 is 11.9 Å². The molecule has 2 aromatic rings. The van der Waals surface area contributed by atoms with Crippen molar-refractivity contribution in [2.24, 2.45) is 5.92 Å². The molecule has 1 aliphatic carbocycles. The number of rotatable bonds is 6. The van der Waals surface area contributed by atoms with Crippen LogP contribution in [0.1, 0.15) is 26.2 Å². The van der Waals surface area contributed by atoms with Crippen LogP contribution in [0.3, 0.4) is 0 Å². The number of anilines is 2. The third kappa shape index (κ3) is 2.68. The standard InChI is InChI=1S/C12H18N8/c1-3-4-8-5-9(8)16-11-17-10(13-2)18-12(19-11)20-7-14-6-15-20/h6-9H,3-5H2,1-2H3,(H2,13,16,17,18,19). The fourth-order valence-electron chi connectivity index (χ4n) is 2.24. The molecule has 2 N–H and O–H groups in total. The van der Waals surface area contributed by atoms with Gasteiger partial charge in [0.2, 0.25) is 11.9 Å². The Morgan fingerprint density at radius 3 is 2.85 bits per heavy atom. The van der Waals surface area contributed by atoms with E-state index in [1.54, 1.807) is 13.4 Å². The number of nitrogens with zero attached hydrogens (tertiary/aromatic N) is 6. The van der Waals surface area contributed by atoms with Gasteiger partial charge in [-0.1, -0.05) is 13.3 Å². The maximum absolute atomic E-state index is 4.39. The van der Waals surface area contributed by atoms with Crippen molar-refractivity contribution < 1.29 is 0 Å². The van der Waals surface area contributed by atoms with Crippen LogP contribution in [0.25, 0.3) is 5.95 Å². The summed E-state index contributed by atoms with van der Waals surface area (Å²) in [5.74, 6) is 2.29. The highest BCUT2D eigenvalue weighted by molar-refractivity contribution is 5.39. The first kappa shape index (κ1) is 12.8. The summed E-state index contributed by atoms with van der Waals surface area (Å²) in [6.45, 7) is 2.21. The Kier molecular flexibility index (Phi) is 3.44. The van der Waals surface area contributed by atoms with Crippen LogP contribution in [0.15, 0.2) is 12.7 Å². The van der Waals surface area contributed by atoms with Crippen LogP contribution in [0, 0.1) is 5.92 Å². The van der Waals surface area contributed by atoms with Gasteiger partial charge in [-0.05, 0) is 18.8 Å². The quantitative estimate of drug-likeness (QED) is 0.814. The molecule has 0 aliphatic heterocycles. The summed E-state index contributed by atoms with van der Waals surface area (Å²) in [5, 5.41) is 10.3. The second-order valence-corrected chi connectivity index (χ2v) is 4.91. The van der Waals surface area contributed by atoms with E-state index < -0.39 is 0 Å². The fraction of sp³-hybridized carbons (Fsp3) is 0.583. The molecule has 0 radical (unpaired) electrons. The first-order chi connectivity index (χ1) is 9.80. The Hall–Kier alpha value is -2.25. The average molecular weight is 274 g/mol. The number of aromatic nitrogens is 6. The lowest BCUT2D eigenvalue weighted by Crippen LogP contribution is -2.13. The van der Waals surface area contributed by atoms with Crippen LogP contribution in [-0.4, -0.2) is 42.8 Å². The molecule has 0 saturated heterocycles. The predicted octanol–water partition coefficient (Wildman–Crippen LogP) is 1.09. The Balaban J connectivity index is 1.79. The van der Waals surface area contributed by atoms with E-state index in [2.05, 4.69) is 42.6 Å². The number of hydrogen-bond acceptors (Lipinski definition) is 7. The van der Waals surface area contributed by atoms with E-state index in [0.29, 0.717) is 23.9 Å². The molecule has 8 nitrogen and oxygen atoms in total. The van der Waals surface area contributed by atoms with Gasteiger partial charge in [0.25, 0.3) is 5.95 Å².